The molecule has 0 unspecified atom stereocenters. The van der Waals surface area contributed by atoms with Crippen LogP contribution in [-0.4, -0.2) is 43.0 Å². The summed E-state index contributed by atoms with van der Waals surface area (Å²) in [4.78, 5) is 27.1. The predicted molar refractivity (Wildman–Crippen MR) is 102 cm³/mol. The average Bonchev–Trinajstić information content (AvgIpc) is 3.14. The normalized spacial score (nSPS) is 23.9. The lowest BCUT2D eigenvalue weighted by molar-refractivity contribution is -0.118. The van der Waals surface area contributed by atoms with E-state index in [0.717, 1.165) is 0 Å². The highest BCUT2D eigenvalue weighted by Crippen LogP contribution is 2.59. The Hall–Kier alpha value is -2.14. The summed E-state index contributed by atoms with van der Waals surface area (Å²) < 4.78 is 5.30. The summed E-state index contributed by atoms with van der Waals surface area (Å²) in [5.74, 6) is 0.244. The molecule has 1 N–H and O–H groups in total. The Morgan fingerprint density at radius 1 is 1.23 bits per heavy atom. The highest BCUT2D eigenvalue weighted by atomic mass is 16.5. The molecule has 5 nitrogen and oxygen atoms in total. The molecule has 0 bridgehead atoms. The van der Waals surface area contributed by atoms with Crippen molar-refractivity contribution >= 4 is 17.5 Å². The quantitative estimate of drug-likeness (QED) is 0.842. The van der Waals surface area contributed by atoms with Crippen LogP contribution in [0.4, 0.5) is 5.69 Å². The number of rotatable bonds is 4. The molecule has 1 aromatic rings. The molecule has 2 amide bonds. The van der Waals surface area contributed by atoms with Crippen LogP contribution in [0.3, 0.4) is 0 Å². The topological polar surface area (TPSA) is 58.6 Å². The predicted octanol–water partition coefficient (Wildman–Crippen LogP) is 3.34. The number of hydrogen-bond donors (Lipinski definition) is 1. The third-order valence-corrected chi connectivity index (χ3v) is 5.38. The fourth-order valence-electron chi connectivity index (χ4n) is 3.75. The lowest BCUT2D eigenvalue weighted by Crippen LogP contribution is -2.40. The first-order chi connectivity index (χ1) is 12.3. The molecule has 2 aliphatic rings. The maximum Gasteiger partial charge on any atom is 0.254 e. The van der Waals surface area contributed by atoms with Crippen molar-refractivity contribution in [2.24, 2.45) is 17.3 Å². The standard InChI is InChI=1S/C21H28N2O3/c1-14(2)12-17-18(21(17,3)4)19(24)22-16-7-5-6-15(13-16)20(25)23-8-10-26-11-9-23/h5-7,12-13,17-18H,8-11H2,1-4H3,(H,22,24)/t17-,18-/m0/s1. The third-order valence-electron chi connectivity index (χ3n) is 5.38. The Balaban J connectivity index is 1.68. The molecule has 1 saturated heterocycles. The molecule has 2 atom stereocenters. The average molecular weight is 356 g/mol. The van der Waals surface area contributed by atoms with Gasteiger partial charge in [-0.1, -0.05) is 31.6 Å². The first-order valence-electron chi connectivity index (χ1n) is 9.23. The highest BCUT2D eigenvalue weighted by molar-refractivity contribution is 5.99. The molecule has 0 radical (unpaired) electrons. The van der Waals surface area contributed by atoms with Gasteiger partial charge in [0.2, 0.25) is 5.91 Å². The molecular weight excluding hydrogens is 328 g/mol. The summed E-state index contributed by atoms with van der Waals surface area (Å²) in [6, 6.07) is 7.20. The minimum Gasteiger partial charge on any atom is -0.378 e. The number of carbonyl (C=O) groups is 2. The SMILES string of the molecule is CC(C)=C[C@H]1[C@@H](C(=O)Nc2cccc(C(=O)N3CCOCC3)c2)C1(C)C. The van der Waals surface area contributed by atoms with Crippen molar-refractivity contribution in [2.45, 2.75) is 27.7 Å². The molecule has 0 spiro atoms. The Morgan fingerprint density at radius 2 is 1.92 bits per heavy atom. The fraction of sp³-hybridized carbons (Fsp3) is 0.524. The van der Waals surface area contributed by atoms with Crippen LogP contribution < -0.4 is 5.32 Å². The van der Waals surface area contributed by atoms with Gasteiger partial charge in [-0.05, 0) is 43.4 Å². The minimum absolute atomic E-state index is 0.0152. The number of nitrogens with zero attached hydrogens (tertiary/aromatic N) is 1. The van der Waals surface area contributed by atoms with Gasteiger partial charge in [0.15, 0.2) is 0 Å². The minimum atomic E-state index is -0.0315. The van der Waals surface area contributed by atoms with E-state index >= 15 is 0 Å². The van der Waals surface area contributed by atoms with Crippen LogP contribution in [0, 0.1) is 17.3 Å². The van der Waals surface area contributed by atoms with Gasteiger partial charge in [-0.3, -0.25) is 9.59 Å². The molecule has 140 valence electrons. The second kappa shape index (κ2) is 7.23. The van der Waals surface area contributed by atoms with E-state index in [1.165, 1.54) is 5.57 Å². The largest absolute Gasteiger partial charge is 0.378 e. The van der Waals surface area contributed by atoms with Gasteiger partial charge in [-0.2, -0.15) is 0 Å². The van der Waals surface area contributed by atoms with E-state index in [-0.39, 0.29) is 29.1 Å². The molecule has 2 fully saturated rings. The van der Waals surface area contributed by atoms with E-state index in [4.69, 9.17) is 4.74 Å². The Labute approximate surface area is 155 Å². The third kappa shape index (κ3) is 3.83. The van der Waals surface area contributed by atoms with Crippen LogP contribution in [0.5, 0.6) is 0 Å². The van der Waals surface area contributed by atoms with Gasteiger partial charge in [-0.25, -0.2) is 0 Å². The summed E-state index contributed by atoms with van der Waals surface area (Å²) in [5, 5.41) is 3.00. The molecule has 26 heavy (non-hydrogen) atoms. The fourth-order valence-corrected chi connectivity index (χ4v) is 3.75. The van der Waals surface area contributed by atoms with E-state index in [1.54, 1.807) is 17.0 Å². The number of anilines is 1. The van der Waals surface area contributed by atoms with Gasteiger partial charge in [0, 0.05) is 24.3 Å². The van der Waals surface area contributed by atoms with E-state index < -0.39 is 0 Å². The summed E-state index contributed by atoms with van der Waals surface area (Å²) in [6.07, 6.45) is 2.18. The molecule has 1 aliphatic heterocycles. The second-order valence-electron chi connectivity index (χ2n) is 8.04. The Bertz CT molecular complexity index is 729. The van der Waals surface area contributed by atoms with E-state index in [9.17, 15) is 9.59 Å². The van der Waals surface area contributed by atoms with Crippen molar-refractivity contribution in [3.8, 4) is 0 Å². The van der Waals surface area contributed by atoms with Crippen molar-refractivity contribution < 1.29 is 14.3 Å². The lowest BCUT2D eigenvalue weighted by atomic mass is 10.1. The first-order valence-corrected chi connectivity index (χ1v) is 9.23. The van der Waals surface area contributed by atoms with Crippen LogP contribution in [-0.2, 0) is 9.53 Å². The molecule has 3 rings (SSSR count). The summed E-state index contributed by atoms with van der Waals surface area (Å²) in [5.41, 5.74) is 2.48. The molecule has 1 heterocycles. The van der Waals surface area contributed by atoms with E-state index in [1.807, 2.05) is 12.1 Å². The van der Waals surface area contributed by atoms with Gasteiger partial charge in [-0.15, -0.1) is 0 Å². The first kappa shape index (κ1) is 18.6. The van der Waals surface area contributed by atoms with Gasteiger partial charge < -0.3 is 15.0 Å². The smallest absolute Gasteiger partial charge is 0.254 e. The summed E-state index contributed by atoms with van der Waals surface area (Å²) in [6.45, 7) is 10.7. The number of ether oxygens (including phenoxy) is 1. The number of nitrogens with one attached hydrogen (secondary N) is 1. The monoisotopic (exact) mass is 356 g/mol. The molecular formula is C21H28N2O3. The molecule has 1 aromatic carbocycles. The van der Waals surface area contributed by atoms with Gasteiger partial charge in [0.05, 0.1) is 19.1 Å². The van der Waals surface area contributed by atoms with E-state index in [2.05, 4.69) is 39.1 Å². The maximum absolute atomic E-state index is 12.7. The van der Waals surface area contributed by atoms with Crippen molar-refractivity contribution in [1.29, 1.82) is 0 Å². The van der Waals surface area contributed by atoms with Crippen LogP contribution in [0.2, 0.25) is 0 Å². The number of carbonyl (C=O) groups excluding carboxylic acids is 2. The van der Waals surface area contributed by atoms with Gasteiger partial charge in [0.25, 0.3) is 5.91 Å². The molecule has 1 saturated carbocycles. The van der Waals surface area contributed by atoms with Crippen LogP contribution in [0.15, 0.2) is 35.9 Å². The molecule has 1 aliphatic carbocycles. The number of benzene rings is 1. The Morgan fingerprint density at radius 3 is 2.58 bits per heavy atom. The summed E-state index contributed by atoms with van der Waals surface area (Å²) >= 11 is 0. The number of hydrogen-bond acceptors (Lipinski definition) is 3. The molecule has 5 heteroatoms. The zero-order chi connectivity index (χ0) is 18.9. The highest BCUT2D eigenvalue weighted by Gasteiger charge is 2.60. The number of morpholine rings is 1. The Kier molecular flexibility index (Phi) is 5.19. The van der Waals surface area contributed by atoms with Crippen molar-refractivity contribution in [3.05, 3.63) is 41.5 Å². The zero-order valence-electron chi connectivity index (χ0n) is 16.0. The van der Waals surface area contributed by atoms with E-state index in [0.29, 0.717) is 37.6 Å². The van der Waals surface area contributed by atoms with Crippen LogP contribution in [0.25, 0.3) is 0 Å². The van der Waals surface area contributed by atoms with Gasteiger partial charge >= 0.3 is 0 Å². The lowest BCUT2D eigenvalue weighted by Gasteiger charge is -2.27. The summed E-state index contributed by atoms with van der Waals surface area (Å²) in [7, 11) is 0. The number of allylic oxidation sites excluding steroid dienone is 2. The van der Waals surface area contributed by atoms with Crippen LogP contribution >= 0.6 is 0 Å². The zero-order valence-corrected chi connectivity index (χ0v) is 16.0. The van der Waals surface area contributed by atoms with Crippen molar-refractivity contribution in [3.63, 3.8) is 0 Å². The second-order valence-corrected chi connectivity index (χ2v) is 8.04. The van der Waals surface area contributed by atoms with Gasteiger partial charge in [0.1, 0.15) is 0 Å². The number of amides is 2. The maximum atomic E-state index is 12.7. The molecule has 0 aromatic heterocycles. The van der Waals surface area contributed by atoms with Crippen LogP contribution in [0.1, 0.15) is 38.1 Å². The van der Waals surface area contributed by atoms with Crippen molar-refractivity contribution in [1.82, 2.24) is 4.90 Å². The van der Waals surface area contributed by atoms with Crippen molar-refractivity contribution in [2.75, 3.05) is 31.6 Å².